The summed E-state index contributed by atoms with van der Waals surface area (Å²) in [7, 11) is 0. The third kappa shape index (κ3) is 5.71. The molecular weight excluding hydrogens is 352 g/mol. The molecule has 3 rings (SSSR count). The fraction of sp³-hybridized carbons (Fsp3) is 0.696. The van der Waals surface area contributed by atoms with Crippen molar-refractivity contribution in [2.75, 3.05) is 46.0 Å². The lowest BCUT2D eigenvalue weighted by molar-refractivity contribution is -0.137. The number of rotatable bonds is 7. The number of amides is 1. The van der Waals surface area contributed by atoms with E-state index in [1.165, 1.54) is 12.0 Å². The Hall–Kier alpha value is -1.59. The second-order valence-electron chi connectivity index (χ2n) is 8.46. The molecule has 0 aromatic heterocycles. The Balaban J connectivity index is 1.56. The van der Waals surface area contributed by atoms with Crippen LogP contribution in [0, 0.1) is 6.92 Å². The number of aryl methyl sites for hydroxylation is 1. The van der Waals surface area contributed by atoms with Gasteiger partial charge in [0.15, 0.2) is 6.61 Å². The second kappa shape index (κ2) is 10.3. The fourth-order valence-corrected chi connectivity index (χ4v) is 4.25. The number of benzene rings is 1. The Morgan fingerprint density at radius 3 is 2.75 bits per heavy atom. The summed E-state index contributed by atoms with van der Waals surface area (Å²) >= 11 is 0. The van der Waals surface area contributed by atoms with Crippen molar-refractivity contribution in [2.24, 2.45) is 0 Å². The van der Waals surface area contributed by atoms with Crippen molar-refractivity contribution in [2.45, 2.75) is 58.4 Å². The van der Waals surface area contributed by atoms with Crippen LogP contribution in [-0.2, 0) is 9.53 Å². The number of carbonyl (C=O) groups is 1. The highest BCUT2D eigenvalue weighted by Gasteiger charge is 2.27. The molecule has 1 atom stereocenters. The molecule has 0 spiro atoms. The first-order chi connectivity index (χ1) is 13.5. The summed E-state index contributed by atoms with van der Waals surface area (Å²) in [6, 6.07) is 6.62. The maximum Gasteiger partial charge on any atom is 0.260 e. The molecule has 0 bridgehead atoms. The zero-order valence-corrected chi connectivity index (χ0v) is 17.8. The zero-order valence-electron chi connectivity index (χ0n) is 17.8. The molecule has 0 unspecified atom stereocenters. The summed E-state index contributed by atoms with van der Waals surface area (Å²) in [5.74, 6) is 1.36. The van der Waals surface area contributed by atoms with Crippen molar-refractivity contribution in [3.05, 3.63) is 29.3 Å². The van der Waals surface area contributed by atoms with Gasteiger partial charge >= 0.3 is 0 Å². The van der Waals surface area contributed by atoms with Crippen LogP contribution in [0.15, 0.2) is 18.2 Å². The van der Waals surface area contributed by atoms with Crippen molar-refractivity contribution in [1.82, 2.24) is 9.80 Å². The molecule has 5 nitrogen and oxygen atoms in total. The van der Waals surface area contributed by atoms with Gasteiger partial charge in [-0.3, -0.25) is 9.69 Å². The predicted octanol–water partition coefficient (Wildman–Crippen LogP) is 3.60. The topological polar surface area (TPSA) is 42.0 Å². The van der Waals surface area contributed by atoms with Crippen molar-refractivity contribution in [3.63, 3.8) is 0 Å². The predicted molar refractivity (Wildman–Crippen MR) is 112 cm³/mol. The highest BCUT2D eigenvalue weighted by Crippen LogP contribution is 2.28. The Labute approximate surface area is 170 Å². The smallest absolute Gasteiger partial charge is 0.260 e. The number of likely N-dealkylation sites (tertiary alicyclic amines) is 1. The lowest BCUT2D eigenvalue weighted by atomic mass is 9.99. The number of nitrogens with zero attached hydrogens (tertiary/aromatic N) is 2. The molecule has 0 saturated carbocycles. The summed E-state index contributed by atoms with van der Waals surface area (Å²) < 4.78 is 11.5. The maximum absolute atomic E-state index is 13.0. The van der Waals surface area contributed by atoms with Crippen LogP contribution >= 0.6 is 0 Å². The second-order valence-corrected chi connectivity index (χ2v) is 8.46. The van der Waals surface area contributed by atoms with E-state index in [2.05, 4.69) is 48.8 Å². The normalized spacial score (nSPS) is 21.1. The van der Waals surface area contributed by atoms with Gasteiger partial charge in [0, 0.05) is 32.2 Å². The monoisotopic (exact) mass is 388 g/mol. The summed E-state index contributed by atoms with van der Waals surface area (Å²) in [5, 5.41) is 0. The average molecular weight is 389 g/mol. The lowest BCUT2D eigenvalue weighted by Crippen LogP contribution is -2.47. The highest BCUT2D eigenvalue weighted by atomic mass is 16.5. The van der Waals surface area contributed by atoms with Gasteiger partial charge in [0.1, 0.15) is 5.75 Å². The van der Waals surface area contributed by atoms with Crippen LogP contribution in [0.25, 0.3) is 0 Å². The van der Waals surface area contributed by atoms with Crippen LogP contribution < -0.4 is 4.74 Å². The third-order valence-corrected chi connectivity index (χ3v) is 5.97. The van der Waals surface area contributed by atoms with Gasteiger partial charge in [-0.05, 0) is 55.7 Å². The fourth-order valence-electron chi connectivity index (χ4n) is 4.25. The molecule has 2 aliphatic rings. The van der Waals surface area contributed by atoms with Gasteiger partial charge in [0.2, 0.25) is 0 Å². The average Bonchev–Trinajstić information content (AvgIpc) is 2.71. The first-order valence-electron chi connectivity index (χ1n) is 10.9. The number of piperidine rings is 1. The van der Waals surface area contributed by atoms with Crippen molar-refractivity contribution < 1.29 is 14.3 Å². The summed E-state index contributed by atoms with van der Waals surface area (Å²) in [6.45, 7) is 12.1. The maximum atomic E-state index is 13.0. The molecule has 1 aromatic carbocycles. The molecule has 1 aromatic rings. The van der Waals surface area contributed by atoms with Crippen molar-refractivity contribution in [1.29, 1.82) is 0 Å². The van der Waals surface area contributed by atoms with Gasteiger partial charge in [-0.2, -0.15) is 0 Å². The molecule has 156 valence electrons. The zero-order chi connectivity index (χ0) is 19.9. The largest absolute Gasteiger partial charge is 0.483 e. The quantitative estimate of drug-likeness (QED) is 0.716. The van der Waals surface area contributed by atoms with E-state index in [9.17, 15) is 4.79 Å². The lowest BCUT2D eigenvalue weighted by Gasteiger charge is -2.37. The van der Waals surface area contributed by atoms with Crippen LogP contribution in [-0.4, -0.2) is 67.7 Å². The molecule has 2 saturated heterocycles. The molecule has 0 N–H and O–H groups in total. The van der Waals surface area contributed by atoms with Crippen molar-refractivity contribution >= 4 is 5.91 Å². The summed E-state index contributed by atoms with van der Waals surface area (Å²) in [4.78, 5) is 17.5. The molecule has 2 fully saturated rings. The van der Waals surface area contributed by atoms with Gasteiger partial charge in [-0.1, -0.05) is 26.0 Å². The third-order valence-electron chi connectivity index (χ3n) is 5.97. The number of morpholine rings is 1. The minimum Gasteiger partial charge on any atom is -0.483 e. The molecular formula is C23H36N2O3. The minimum atomic E-state index is 0.128. The standard InChI is InChI=1S/C23H36N2O3/c1-18(2)21-8-7-19(3)16-22(21)28-17-23(26)25-10-5-4-6-20(25)9-11-24-12-14-27-15-13-24/h7-8,16,18,20H,4-6,9-15,17H2,1-3H3/t20-/m1/s1. The van der Waals surface area contributed by atoms with Crippen molar-refractivity contribution in [3.8, 4) is 5.75 Å². The van der Waals surface area contributed by atoms with E-state index in [1.54, 1.807) is 0 Å². The van der Waals surface area contributed by atoms with Crippen LogP contribution in [0.1, 0.15) is 56.6 Å². The van der Waals surface area contributed by atoms with E-state index in [0.717, 1.165) is 70.0 Å². The van der Waals surface area contributed by atoms with Crippen LogP contribution in [0.5, 0.6) is 5.75 Å². The Morgan fingerprint density at radius 2 is 2.00 bits per heavy atom. The minimum absolute atomic E-state index is 0.128. The molecule has 5 heteroatoms. The van der Waals surface area contributed by atoms with Gasteiger partial charge in [0.25, 0.3) is 5.91 Å². The number of carbonyl (C=O) groups excluding carboxylic acids is 1. The van der Waals surface area contributed by atoms with E-state index in [-0.39, 0.29) is 12.5 Å². The van der Waals surface area contributed by atoms with E-state index in [4.69, 9.17) is 9.47 Å². The van der Waals surface area contributed by atoms with Gasteiger partial charge in [-0.15, -0.1) is 0 Å². The summed E-state index contributed by atoms with van der Waals surface area (Å²) in [5.41, 5.74) is 2.33. The van der Waals surface area contributed by atoms with E-state index < -0.39 is 0 Å². The molecule has 1 amide bonds. The Bertz CT molecular complexity index is 641. The highest BCUT2D eigenvalue weighted by molar-refractivity contribution is 5.78. The Morgan fingerprint density at radius 1 is 1.21 bits per heavy atom. The van der Waals surface area contributed by atoms with Crippen LogP contribution in [0.4, 0.5) is 0 Å². The summed E-state index contributed by atoms with van der Waals surface area (Å²) in [6.07, 6.45) is 4.47. The molecule has 0 aliphatic carbocycles. The van der Waals surface area contributed by atoms with Crippen LogP contribution in [0.3, 0.4) is 0 Å². The first-order valence-corrected chi connectivity index (χ1v) is 10.9. The first kappa shape index (κ1) is 21.1. The molecule has 28 heavy (non-hydrogen) atoms. The van der Waals surface area contributed by atoms with E-state index >= 15 is 0 Å². The molecule has 2 aliphatic heterocycles. The van der Waals surface area contributed by atoms with E-state index in [1.807, 2.05) is 0 Å². The molecule has 2 heterocycles. The number of hydrogen-bond acceptors (Lipinski definition) is 4. The molecule has 0 radical (unpaired) electrons. The van der Waals surface area contributed by atoms with Gasteiger partial charge < -0.3 is 14.4 Å². The number of hydrogen-bond donors (Lipinski definition) is 0. The van der Waals surface area contributed by atoms with E-state index in [0.29, 0.717) is 12.0 Å². The SMILES string of the molecule is Cc1ccc(C(C)C)c(OCC(=O)N2CCCC[C@@H]2CCN2CCOCC2)c1. The Kier molecular flexibility index (Phi) is 7.74. The van der Waals surface area contributed by atoms with Gasteiger partial charge in [0.05, 0.1) is 13.2 Å². The van der Waals surface area contributed by atoms with Gasteiger partial charge in [-0.25, -0.2) is 0 Å². The van der Waals surface area contributed by atoms with Crippen LogP contribution in [0.2, 0.25) is 0 Å². The number of ether oxygens (including phenoxy) is 2.